The van der Waals surface area contributed by atoms with Crippen LogP contribution < -0.4 is 16.0 Å². The average molecular weight is 345 g/mol. The Hall–Kier alpha value is -2.41. The molecular weight excluding hydrogens is 322 g/mol. The first-order valence-corrected chi connectivity index (χ1v) is 8.83. The fourth-order valence-electron chi connectivity index (χ4n) is 2.07. The summed E-state index contributed by atoms with van der Waals surface area (Å²) in [5.74, 6) is 0.749. The van der Waals surface area contributed by atoms with Crippen molar-refractivity contribution in [3.8, 4) is 0 Å². The van der Waals surface area contributed by atoms with Crippen LogP contribution in [-0.2, 0) is 6.42 Å². The molecule has 0 unspecified atom stereocenters. The molecule has 0 bridgehead atoms. The van der Waals surface area contributed by atoms with E-state index in [1.807, 2.05) is 35.7 Å². The van der Waals surface area contributed by atoms with Gasteiger partial charge in [0.25, 0.3) is 5.91 Å². The third-order valence-corrected chi connectivity index (χ3v) is 4.17. The highest BCUT2D eigenvalue weighted by atomic mass is 32.1. The summed E-state index contributed by atoms with van der Waals surface area (Å²) in [7, 11) is 1.74. The van der Waals surface area contributed by atoms with Gasteiger partial charge in [-0.15, -0.1) is 11.3 Å². The van der Waals surface area contributed by atoms with Crippen LogP contribution >= 0.6 is 11.3 Å². The molecule has 2 aromatic rings. The molecule has 0 atom stereocenters. The maximum atomic E-state index is 11.8. The van der Waals surface area contributed by atoms with Crippen molar-refractivity contribution in [1.82, 2.24) is 20.9 Å². The summed E-state index contributed by atoms with van der Waals surface area (Å²) in [6.07, 6.45) is 3.48. The van der Waals surface area contributed by atoms with Gasteiger partial charge in [-0.2, -0.15) is 0 Å². The lowest BCUT2D eigenvalue weighted by Crippen LogP contribution is -2.39. The van der Waals surface area contributed by atoms with Gasteiger partial charge in [-0.25, -0.2) is 0 Å². The molecule has 6 nitrogen and oxygen atoms in total. The van der Waals surface area contributed by atoms with Crippen LogP contribution in [0.1, 0.15) is 21.8 Å². The highest BCUT2D eigenvalue weighted by Crippen LogP contribution is 2.07. The van der Waals surface area contributed by atoms with Gasteiger partial charge in [0.05, 0.1) is 4.88 Å². The third kappa shape index (κ3) is 6.37. The van der Waals surface area contributed by atoms with Crippen LogP contribution in [0, 0.1) is 0 Å². The Bertz CT molecular complexity index is 628. The van der Waals surface area contributed by atoms with Crippen LogP contribution in [0.15, 0.2) is 46.9 Å². The average Bonchev–Trinajstić information content (AvgIpc) is 3.15. The maximum absolute atomic E-state index is 11.8. The standard InChI is InChI=1S/C17H23N5OS/c1-18-17(22-12-8-14-6-2-3-9-19-14)21-11-5-10-20-16(23)15-7-4-13-24-15/h2-4,6-7,9,13H,5,8,10-12H2,1H3,(H,20,23)(H2,18,21,22). The molecule has 2 aromatic heterocycles. The van der Waals surface area contributed by atoms with Crippen LogP contribution in [-0.4, -0.2) is 43.5 Å². The van der Waals surface area contributed by atoms with E-state index in [0.717, 1.165) is 42.5 Å². The lowest BCUT2D eigenvalue weighted by atomic mass is 10.3. The first-order chi connectivity index (χ1) is 11.8. The van der Waals surface area contributed by atoms with E-state index >= 15 is 0 Å². The number of aliphatic imine (C=N–C) groups is 1. The second kappa shape index (κ2) is 10.4. The van der Waals surface area contributed by atoms with Crippen LogP contribution in [0.5, 0.6) is 0 Å². The van der Waals surface area contributed by atoms with E-state index in [4.69, 9.17) is 0 Å². The van der Waals surface area contributed by atoms with Crippen molar-refractivity contribution < 1.29 is 4.79 Å². The molecule has 1 amide bonds. The fourth-order valence-corrected chi connectivity index (χ4v) is 2.71. The molecule has 0 fully saturated rings. The third-order valence-electron chi connectivity index (χ3n) is 3.30. The number of carbonyl (C=O) groups is 1. The number of carbonyl (C=O) groups excluding carboxylic acids is 1. The van der Waals surface area contributed by atoms with E-state index in [1.165, 1.54) is 11.3 Å². The van der Waals surface area contributed by atoms with Gasteiger partial charge in [0.15, 0.2) is 5.96 Å². The molecule has 0 aromatic carbocycles. The maximum Gasteiger partial charge on any atom is 0.261 e. The van der Waals surface area contributed by atoms with Crippen molar-refractivity contribution in [3.05, 3.63) is 52.5 Å². The van der Waals surface area contributed by atoms with Crippen molar-refractivity contribution in [2.24, 2.45) is 4.99 Å². The minimum Gasteiger partial charge on any atom is -0.356 e. The molecule has 0 aliphatic rings. The van der Waals surface area contributed by atoms with E-state index in [-0.39, 0.29) is 5.91 Å². The number of guanidine groups is 1. The molecule has 2 heterocycles. The summed E-state index contributed by atoms with van der Waals surface area (Å²) in [5.41, 5.74) is 1.05. The minimum atomic E-state index is -0.0112. The van der Waals surface area contributed by atoms with Gasteiger partial charge in [-0.05, 0) is 30.0 Å². The summed E-state index contributed by atoms with van der Waals surface area (Å²) in [6, 6.07) is 9.61. The van der Waals surface area contributed by atoms with Crippen LogP contribution in [0.2, 0.25) is 0 Å². The number of hydrogen-bond acceptors (Lipinski definition) is 4. The molecule has 0 aliphatic heterocycles. The predicted octanol–water partition coefficient (Wildman–Crippen LogP) is 1.67. The van der Waals surface area contributed by atoms with Crippen molar-refractivity contribution in [3.63, 3.8) is 0 Å². The summed E-state index contributed by atoms with van der Waals surface area (Å²) in [5, 5.41) is 11.3. The Morgan fingerprint density at radius 2 is 1.96 bits per heavy atom. The van der Waals surface area contributed by atoms with E-state index in [0.29, 0.717) is 6.54 Å². The van der Waals surface area contributed by atoms with Gasteiger partial charge in [-0.3, -0.25) is 14.8 Å². The van der Waals surface area contributed by atoms with E-state index in [9.17, 15) is 4.79 Å². The van der Waals surface area contributed by atoms with Gasteiger partial charge < -0.3 is 16.0 Å². The Morgan fingerprint density at radius 1 is 1.12 bits per heavy atom. The van der Waals surface area contributed by atoms with E-state index < -0.39 is 0 Å². The number of nitrogens with one attached hydrogen (secondary N) is 3. The van der Waals surface area contributed by atoms with Gasteiger partial charge >= 0.3 is 0 Å². The van der Waals surface area contributed by atoms with Crippen molar-refractivity contribution in [2.75, 3.05) is 26.7 Å². The fraction of sp³-hybridized carbons (Fsp3) is 0.353. The zero-order valence-corrected chi connectivity index (χ0v) is 14.6. The number of thiophene rings is 1. The lowest BCUT2D eigenvalue weighted by Gasteiger charge is -2.11. The Labute approximate surface area is 146 Å². The number of aromatic nitrogens is 1. The van der Waals surface area contributed by atoms with E-state index in [2.05, 4.69) is 25.9 Å². The molecule has 0 saturated heterocycles. The monoisotopic (exact) mass is 345 g/mol. The molecule has 128 valence electrons. The second-order valence-electron chi connectivity index (χ2n) is 5.08. The minimum absolute atomic E-state index is 0.0112. The molecule has 3 N–H and O–H groups in total. The summed E-state index contributed by atoms with van der Waals surface area (Å²) in [4.78, 5) is 21.0. The molecule has 24 heavy (non-hydrogen) atoms. The quantitative estimate of drug-likeness (QED) is 0.386. The van der Waals surface area contributed by atoms with Crippen molar-refractivity contribution >= 4 is 23.2 Å². The van der Waals surface area contributed by atoms with Gasteiger partial charge in [0.1, 0.15) is 0 Å². The Kier molecular flexibility index (Phi) is 7.76. The molecule has 0 saturated carbocycles. The molecule has 0 radical (unpaired) electrons. The van der Waals surface area contributed by atoms with E-state index in [1.54, 1.807) is 13.2 Å². The summed E-state index contributed by atoms with van der Waals surface area (Å²) >= 11 is 1.45. The molecule has 0 spiro atoms. The van der Waals surface area contributed by atoms with Crippen LogP contribution in [0.25, 0.3) is 0 Å². The van der Waals surface area contributed by atoms with Crippen LogP contribution in [0.3, 0.4) is 0 Å². The Balaban J connectivity index is 1.56. The van der Waals surface area contributed by atoms with Gasteiger partial charge in [0.2, 0.25) is 0 Å². The zero-order valence-electron chi connectivity index (χ0n) is 13.8. The first-order valence-electron chi connectivity index (χ1n) is 7.95. The largest absolute Gasteiger partial charge is 0.356 e. The molecular formula is C17H23N5OS. The number of amides is 1. The van der Waals surface area contributed by atoms with Gasteiger partial charge in [-0.1, -0.05) is 12.1 Å². The predicted molar refractivity (Wildman–Crippen MR) is 98.6 cm³/mol. The van der Waals surface area contributed by atoms with Gasteiger partial charge in [0, 0.05) is 45.0 Å². The van der Waals surface area contributed by atoms with Crippen molar-refractivity contribution in [2.45, 2.75) is 12.8 Å². The second-order valence-corrected chi connectivity index (χ2v) is 6.03. The number of nitrogens with zero attached hydrogens (tertiary/aromatic N) is 2. The highest BCUT2D eigenvalue weighted by molar-refractivity contribution is 7.12. The SMILES string of the molecule is CN=C(NCCCNC(=O)c1cccs1)NCCc1ccccn1. The Morgan fingerprint density at radius 3 is 2.67 bits per heavy atom. The number of pyridine rings is 1. The smallest absolute Gasteiger partial charge is 0.261 e. The summed E-state index contributed by atoms with van der Waals surface area (Å²) in [6.45, 7) is 2.15. The highest BCUT2D eigenvalue weighted by Gasteiger charge is 2.04. The molecule has 0 aliphatic carbocycles. The zero-order chi connectivity index (χ0) is 17.0. The lowest BCUT2D eigenvalue weighted by molar-refractivity contribution is 0.0957. The first kappa shape index (κ1) is 17.9. The molecule has 2 rings (SSSR count). The number of hydrogen-bond donors (Lipinski definition) is 3. The normalized spacial score (nSPS) is 11.1. The number of rotatable bonds is 8. The van der Waals surface area contributed by atoms with Crippen molar-refractivity contribution in [1.29, 1.82) is 0 Å². The summed E-state index contributed by atoms with van der Waals surface area (Å²) < 4.78 is 0. The topological polar surface area (TPSA) is 78.4 Å². The molecule has 7 heteroatoms. The van der Waals surface area contributed by atoms with Crippen LogP contribution in [0.4, 0.5) is 0 Å².